The fourth-order valence-electron chi connectivity index (χ4n) is 2.48. The van der Waals surface area contributed by atoms with Gasteiger partial charge in [0.1, 0.15) is 0 Å². The summed E-state index contributed by atoms with van der Waals surface area (Å²) in [5, 5.41) is 6.36. The standard InChI is InChI=1S/C15H22N2O3/c1-15(6-7-16-10-15)17-14(18)9-11-4-5-12(19-2)13(8-11)20-3/h4-5,8,16H,6-7,9-10H2,1-3H3,(H,17,18). The van der Waals surface area contributed by atoms with Gasteiger partial charge in [-0.1, -0.05) is 6.07 Å². The molecule has 110 valence electrons. The molecule has 0 aliphatic carbocycles. The quantitative estimate of drug-likeness (QED) is 0.847. The summed E-state index contributed by atoms with van der Waals surface area (Å²) in [6, 6.07) is 5.55. The number of amides is 1. The summed E-state index contributed by atoms with van der Waals surface area (Å²) in [6.07, 6.45) is 1.31. The van der Waals surface area contributed by atoms with Crippen molar-refractivity contribution in [1.29, 1.82) is 0 Å². The van der Waals surface area contributed by atoms with Crippen molar-refractivity contribution in [3.05, 3.63) is 23.8 Å². The number of benzene rings is 1. The maximum absolute atomic E-state index is 12.1. The molecule has 0 radical (unpaired) electrons. The SMILES string of the molecule is COc1ccc(CC(=O)NC2(C)CCNC2)cc1OC. The smallest absolute Gasteiger partial charge is 0.224 e. The molecule has 0 bridgehead atoms. The molecule has 1 aromatic rings. The van der Waals surface area contributed by atoms with E-state index in [0.29, 0.717) is 17.9 Å². The number of carbonyl (C=O) groups excluding carboxylic acids is 1. The predicted octanol–water partition coefficient (Wildman–Crippen LogP) is 1.11. The lowest BCUT2D eigenvalue weighted by Crippen LogP contribution is -2.48. The van der Waals surface area contributed by atoms with Crippen molar-refractivity contribution in [2.24, 2.45) is 0 Å². The molecule has 2 rings (SSSR count). The molecule has 0 spiro atoms. The zero-order chi connectivity index (χ0) is 14.6. The molecule has 5 nitrogen and oxygen atoms in total. The average Bonchev–Trinajstić information content (AvgIpc) is 2.84. The summed E-state index contributed by atoms with van der Waals surface area (Å²) >= 11 is 0. The van der Waals surface area contributed by atoms with E-state index < -0.39 is 0 Å². The van der Waals surface area contributed by atoms with Crippen LogP contribution in [0, 0.1) is 0 Å². The van der Waals surface area contributed by atoms with Crippen LogP contribution in [-0.4, -0.2) is 38.8 Å². The predicted molar refractivity (Wildman–Crippen MR) is 77.3 cm³/mol. The average molecular weight is 278 g/mol. The third kappa shape index (κ3) is 3.42. The number of nitrogens with one attached hydrogen (secondary N) is 2. The van der Waals surface area contributed by atoms with Gasteiger partial charge in [-0.05, 0) is 37.6 Å². The van der Waals surface area contributed by atoms with E-state index in [1.165, 1.54) is 0 Å². The van der Waals surface area contributed by atoms with Crippen molar-refractivity contribution < 1.29 is 14.3 Å². The molecular weight excluding hydrogens is 256 g/mol. The van der Waals surface area contributed by atoms with Crippen LogP contribution >= 0.6 is 0 Å². The minimum absolute atomic E-state index is 0.0309. The van der Waals surface area contributed by atoms with Crippen LogP contribution in [0.3, 0.4) is 0 Å². The highest BCUT2D eigenvalue weighted by Crippen LogP contribution is 2.27. The number of hydrogen-bond donors (Lipinski definition) is 2. The van der Waals surface area contributed by atoms with Crippen LogP contribution < -0.4 is 20.1 Å². The van der Waals surface area contributed by atoms with E-state index in [-0.39, 0.29) is 11.4 Å². The van der Waals surface area contributed by atoms with Gasteiger partial charge in [0.2, 0.25) is 5.91 Å². The Morgan fingerprint density at radius 3 is 2.70 bits per heavy atom. The molecule has 1 amide bonds. The summed E-state index contributed by atoms with van der Waals surface area (Å²) in [5.74, 6) is 1.35. The molecule has 5 heteroatoms. The maximum Gasteiger partial charge on any atom is 0.224 e. The first kappa shape index (κ1) is 14.7. The fraction of sp³-hybridized carbons (Fsp3) is 0.533. The number of ether oxygens (including phenoxy) is 2. The highest BCUT2D eigenvalue weighted by Gasteiger charge is 2.29. The van der Waals surface area contributed by atoms with E-state index in [4.69, 9.17) is 9.47 Å². The lowest BCUT2D eigenvalue weighted by atomic mass is 10.0. The second kappa shape index (κ2) is 6.13. The number of hydrogen-bond acceptors (Lipinski definition) is 4. The van der Waals surface area contributed by atoms with Crippen molar-refractivity contribution in [3.8, 4) is 11.5 Å². The molecular formula is C15H22N2O3. The molecule has 1 aromatic carbocycles. The Kier molecular flexibility index (Phi) is 4.49. The van der Waals surface area contributed by atoms with Crippen molar-refractivity contribution in [2.75, 3.05) is 27.3 Å². The van der Waals surface area contributed by atoms with Crippen LogP contribution in [0.2, 0.25) is 0 Å². The summed E-state index contributed by atoms with van der Waals surface area (Å²) in [7, 11) is 3.19. The number of carbonyl (C=O) groups is 1. The van der Waals surface area contributed by atoms with Crippen LogP contribution in [0.25, 0.3) is 0 Å². The van der Waals surface area contributed by atoms with E-state index in [1.807, 2.05) is 18.2 Å². The van der Waals surface area contributed by atoms with Gasteiger partial charge < -0.3 is 20.1 Å². The monoisotopic (exact) mass is 278 g/mol. The molecule has 1 saturated heterocycles. The van der Waals surface area contributed by atoms with E-state index in [9.17, 15) is 4.79 Å². The van der Waals surface area contributed by atoms with Crippen molar-refractivity contribution >= 4 is 5.91 Å². The third-order valence-electron chi connectivity index (χ3n) is 3.62. The molecule has 1 aliphatic rings. The summed E-state index contributed by atoms with van der Waals surface area (Å²) < 4.78 is 10.4. The van der Waals surface area contributed by atoms with Crippen LogP contribution in [0.4, 0.5) is 0 Å². The van der Waals surface area contributed by atoms with Gasteiger partial charge in [-0.25, -0.2) is 0 Å². The Morgan fingerprint density at radius 1 is 1.35 bits per heavy atom. The van der Waals surface area contributed by atoms with E-state index in [1.54, 1.807) is 14.2 Å². The highest BCUT2D eigenvalue weighted by molar-refractivity contribution is 5.79. The minimum Gasteiger partial charge on any atom is -0.493 e. The molecule has 1 aliphatic heterocycles. The van der Waals surface area contributed by atoms with E-state index in [2.05, 4.69) is 17.6 Å². The lowest BCUT2D eigenvalue weighted by Gasteiger charge is -2.24. The van der Waals surface area contributed by atoms with Crippen molar-refractivity contribution in [3.63, 3.8) is 0 Å². The van der Waals surface area contributed by atoms with Gasteiger partial charge in [0.05, 0.1) is 26.2 Å². The van der Waals surface area contributed by atoms with Crippen LogP contribution in [0.5, 0.6) is 11.5 Å². The Morgan fingerprint density at radius 2 is 2.10 bits per heavy atom. The molecule has 0 saturated carbocycles. The van der Waals surface area contributed by atoms with Gasteiger partial charge in [0.25, 0.3) is 0 Å². The van der Waals surface area contributed by atoms with Gasteiger partial charge in [-0.15, -0.1) is 0 Å². The van der Waals surface area contributed by atoms with Gasteiger partial charge >= 0.3 is 0 Å². The molecule has 20 heavy (non-hydrogen) atoms. The van der Waals surface area contributed by atoms with Gasteiger partial charge in [0.15, 0.2) is 11.5 Å². The van der Waals surface area contributed by atoms with Crippen molar-refractivity contribution in [2.45, 2.75) is 25.3 Å². The van der Waals surface area contributed by atoms with Crippen LogP contribution in [-0.2, 0) is 11.2 Å². The summed E-state index contributed by atoms with van der Waals surface area (Å²) in [5.41, 5.74) is 0.780. The topological polar surface area (TPSA) is 59.6 Å². The lowest BCUT2D eigenvalue weighted by molar-refractivity contribution is -0.122. The van der Waals surface area contributed by atoms with E-state index in [0.717, 1.165) is 25.1 Å². The first-order chi connectivity index (χ1) is 9.56. The summed E-state index contributed by atoms with van der Waals surface area (Å²) in [4.78, 5) is 12.1. The highest BCUT2D eigenvalue weighted by atomic mass is 16.5. The number of methoxy groups -OCH3 is 2. The minimum atomic E-state index is -0.131. The van der Waals surface area contributed by atoms with Gasteiger partial charge in [0, 0.05) is 6.54 Å². The fourth-order valence-corrected chi connectivity index (χ4v) is 2.48. The normalized spacial score (nSPS) is 21.6. The molecule has 2 N–H and O–H groups in total. The van der Waals surface area contributed by atoms with Crippen LogP contribution in [0.1, 0.15) is 18.9 Å². The van der Waals surface area contributed by atoms with Crippen molar-refractivity contribution in [1.82, 2.24) is 10.6 Å². The zero-order valence-electron chi connectivity index (χ0n) is 12.3. The Labute approximate surface area is 119 Å². The van der Waals surface area contributed by atoms with Crippen LogP contribution in [0.15, 0.2) is 18.2 Å². The molecule has 1 atom stereocenters. The first-order valence-corrected chi connectivity index (χ1v) is 6.79. The second-order valence-corrected chi connectivity index (χ2v) is 5.40. The molecule has 1 heterocycles. The Bertz CT molecular complexity index is 482. The molecule has 1 unspecified atom stereocenters. The number of rotatable bonds is 5. The van der Waals surface area contributed by atoms with Gasteiger partial charge in [-0.3, -0.25) is 4.79 Å². The summed E-state index contributed by atoms with van der Waals surface area (Å²) in [6.45, 7) is 3.84. The molecule has 1 fully saturated rings. The zero-order valence-corrected chi connectivity index (χ0v) is 12.3. The Balaban J connectivity index is 2.00. The third-order valence-corrected chi connectivity index (χ3v) is 3.62. The van der Waals surface area contributed by atoms with Gasteiger partial charge in [-0.2, -0.15) is 0 Å². The van der Waals surface area contributed by atoms with E-state index >= 15 is 0 Å². The molecule has 0 aromatic heterocycles. The Hall–Kier alpha value is -1.75. The maximum atomic E-state index is 12.1. The first-order valence-electron chi connectivity index (χ1n) is 6.79. The largest absolute Gasteiger partial charge is 0.493 e. The second-order valence-electron chi connectivity index (χ2n) is 5.40.